The van der Waals surface area contributed by atoms with Crippen molar-refractivity contribution in [3.05, 3.63) is 95.2 Å². The van der Waals surface area contributed by atoms with Crippen molar-refractivity contribution in [1.82, 2.24) is 4.98 Å². The van der Waals surface area contributed by atoms with E-state index in [1.807, 2.05) is 42.5 Å². The van der Waals surface area contributed by atoms with E-state index in [1.165, 1.54) is 17.6 Å². The largest absolute Gasteiger partial charge is 0.334 e. The Labute approximate surface area is 150 Å². The minimum absolute atomic E-state index is 0.0527. The van der Waals surface area contributed by atoms with Gasteiger partial charge in [0.25, 0.3) is 0 Å². The van der Waals surface area contributed by atoms with E-state index in [0.717, 1.165) is 22.2 Å². The normalized spacial score (nSPS) is 10.6. The van der Waals surface area contributed by atoms with Gasteiger partial charge in [-0.05, 0) is 40.1 Å². The van der Waals surface area contributed by atoms with Crippen LogP contribution < -0.4 is 5.32 Å². The molecule has 0 aliphatic heterocycles. The first-order valence-corrected chi connectivity index (χ1v) is 8.17. The van der Waals surface area contributed by atoms with Crippen molar-refractivity contribution in [2.45, 2.75) is 0 Å². The van der Waals surface area contributed by atoms with E-state index in [2.05, 4.69) is 34.6 Å². The van der Waals surface area contributed by atoms with E-state index < -0.39 is 4.92 Å². The van der Waals surface area contributed by atoms with Crippen molar-refractivity contribution in [2.75, 3.05) is 5.32 Å². The van der Waals surface area contributed by atoms with Crippen LogP contribution in [-0.2, 0) is 0 Å². The Balaban J connectivity index is 1.75. The zero-order valence-electron chi connectivity index (χ0n) is 13.8. The first-order valence-electron chi connectivity index (χ1n) is 8.17. The maximum Gasteiger partial charge on any atom is 0.311 e. The van der Waals surface area contributed by atoms with Gasteiger partial charge in [-0.1, -0.05) is 54.6 Å². The molecule has 4 rings (SSSR count). The lowest BCUT2D eigenvalue weighted by Crippen LogP contribution is -1.99. The van der Waals surface area contributed by atoms with Gasteiger partial charge in [0.15, 0.2) is 0 Å². The molecule has 0 radical (unpaired) electrons. The Morgan fingerprint density at radius 3 is 2.58 bits per heavy atom. The molecule has 0 bridgehead atoms. The van der Waals surface area contributed by atoms with Crippen LogP contribution in [-0.4, -0.2) is 9.91 Å². The summed E-state index contributed by atoms with van der Waals surface area (Å²) in [6.45, 7) is 0. The molecule has 0 aliphatic rings. The van der Waals surface area contributed by atoms with E-state index in [1.54, 1.807) is 6.07 Å². The predicted octanol–water partition coefficient (Wildman–Crippen LogP) is 5.55. The van der Waals surface area contributed by atoms with Crippen molar-refractivity contribution in [2.24, 2.45) is 0 Å². The number of fused-ring (bicyclic) bond motifs is 1. The molecule has 126 valence electrons. The summed E-state index contributed by atoms with van der Waals surface area (Å²) in [7, 11) is 0. The van der Waals surface area contributed by atoms with Gasteiger partial charge in [0.2, 0.25) is 5.82 Å². The van der Waals surface area contributed by atoms with Crippen molar-refractivity contribution in [3.63, 3.8) is 0 Å². The van der Waals surface area contributed by atoms with Gasteiger partial charge in [-0.3, -0.25) is 10.1 Å². The summed E-state index contributed by atoms with van der Waals surface area (Å²) in [4.78, 5) is 14.8. The fourth-order valence-electron chi connectivity index (χ4n) is 3.02. The van der Waals surface area contributed by atoms with E-state index in [4.69, 9.17) is 0 Å². The van der Waals surface area contributed by atoms with E-state index >= 15 is 0 Å². The highest BCUT2D eigenvalue weighted by atomic mass is 16.6. The van der Waals surface area contributed by atoms with Crippen molar-refractivity contribution >= 4 is 28.0 Å². The maximum absolute atomic E-state index is 11.2. The summed E-state index contributed by atoms with van der Waals surface area (Å²) in [5.74, 6) is 0.229. The Kier molecular flexibility index (Phi) is 4.03. The second-order valence-electron chi connectivity index (χ2n) is 5.86. The molecule has 1 N–H and O–H groups in total. The van der Waals surface area contributed by atoms with Crippen LogP contribution in [0.3, 0.4) is 0 Å². The summed E-state index contributed by atoms with van der Waals surface area (Å²) in [5.41, 5.74) is 2.84. The lowest BCUT2D eigenvalue weighted by atomic mass is 9.98. The average Bonchev–Trinajstić information content (AvgIpc) is 2.68. The summed E-state index contributed by atoms with van der Waals surface area (Å²) in [5, 5.41) is 16.6. The molecule has 5 heteroatoms. The van der Waals surface area contributed by atoms with Crippen molar-refractivity contribution in [3.8, 4) is 11.1 Å². The zero-order chi connectivity index (χ0) is 17.9. The third kappa shape index (κ3) is 2.98. The Bertz CT molecular complexity index is 1100. The molecule has 0 amide bonds. The lowest BCUT2D eigenvalue weighted by molar-refractivity contribution is -0.384. The molecule has 4 aromatic rings. The zero-order valence-corrected chi connectivity index (χ0v) is 13.8. The third-order valence-corrected chi connectivity index (χ3v) is 4.21. The number of benzene rings is 3. The smallest absolute Gasteiger partial charge is 0.311 e. The van der Waals surface area contributed by atoms with Crippen LogP contribution >= 0.6 is 0 Å². The summed E-state index contributed by atoms with van der Waals surface area (Å²) >= 11 is 0. The van der Waals surface area contributed by atoms with Gasteiger partial charge in [-0.25, -0.2) is 4.98 Å². The average molecular weight is 341 g/mol. The van der Waals surface area contributed by atoms with Gasteiger partial charge in [0.05, 0.1) is 4.92 Å². The Morgan fingerprint density at radius 2 is 1.69 bits per heavy atom. The quantitative estimate of drug-likeness (QED) is 0.390. The molecule has 1 heterocycles. The first-order chi connectivity index (χ1) is 12.7. The second kappa shape index (κ2) is 6.64. The van der Waals surface area contributed by atoms with Gasteiger partial charge < -0.3 is 5.32 Å². The number of nitrogens with one attached hydrogen (secondary N) is 1. The summed E-state index contributed by atoms with van der Waals surface area (Å²) < 4.78 is 0. The molecule has 1 aromatic heterocycles. The lowest BCUT2D eigenvalue weighted by Gasteiger charge is -2.10. The van der Waals surface area contributed by atoms with Gasteiger partial charge in [0, 0.05) is 18.0 Å². The summed E-state index contributed by atoms with van der Waals surface area (Å²) in [6, 6.07) is 25.2. The van der Waals surface area contributed by atoms with Gasteiger partial charge in [-0.15, -0.1) is 0 Å². The number of hydrogen-bond acceptors (Lipinski definition) is 4. The molecular weight excluding hydrogens is 326 g/mol. The highest BCUT2D eigenvalue weighted by molar-refractivity contribution is 5.97. The molecule has 26 heavy (non-hydrogen) atoms. The SMILES string of the molecule is O=[N+]([O-])c1cccnc1Nc1cccc(-c2cccc3ccccc23)c1. The number of aromatic nitrogens is 1. The third-order valence-electron chi connectivity index (χ3n) is 4.21. The number of anilines is 2. The molecule has 0 fully saturated rings. The van der Waals surface area contributed by atoms with Crippen LogP contribution in [0.1, 0.15) is 0 Å². The van der Waals surface area contributed by atoms with Crippen molar-refractivity contribution in [1.29, 1.82) is 0 Å². The van der Waals surface area contributed by atoms with E-state index in [0.29, 0.717) is 0 Å². The topological polar surface area (TPSA) is 68.1 Å². The van der Waals surface area contributed by atoms with Crippen LogP contribution in [0.5, 0.6) is 0 Å². The molecule has 0 saturated heterocycles. The minimum atomic E-state index is -0.441. The fraction of sp³-hybridized carbons (Fsp3) is 0. The molecule has 0 unspecified atom stereocenters. The molecule has 5 nitrogen and oxygen atoms in total. The second-order valence-corrected chi connectivity index (χ2v) is 5.86. The van der Waals surface area contributed by atoms with Crippen LogP contribution in [0.2, 0.25) is 0 Å². The van der Waals surface area contributed by atoms with Crippen molar-refractivity contribution < 1.29 is 4.92 Å². The minimum Gasteiger partial charge on any atom is -0.334 e. The molecule has 0 atom stereocenters. The van der Waals surface area contributed by atoms with Gasteiger partial charge >= 0.3 is 5.69 Å². The van der Waals surface area contributed by atoms with Gasteiger partial charge in [0.1, 0.15) is 0 Å². The Morgan fingerprint density at radius 1 is 0.885 bits per heavy atom. The molecule has 3 aromatic carbocycles. The molecular formula is C21H15N3O2. The van der Waals surface area contributed by atoms with Crippen LogP contribution in [0.4, 0.5) is 17.2 Å². The number of rotatable bonds is 4. The molecule has 0 aliphatic carbocycles. The number of nitro groups is 1. The summed E-state index contributed by atoms with van der Waals surface area (Å²) in [6.07, 6.45) is 1.53. The Hall–Kier alpha value is -3.73. The first kappa shape index (κ1) is 15.8. The predicted molar refractivity (Wildman–Crippen MR) is 104 cm³/mol. The number of nitrogens with zero attached hydrogens (tertiary/aromatic N) is 2. The highest BCUT2D eigenvalue weighted by Crippen LogP contribution is 2.31. The van der Waals surface area contributed by atoms with Crippen LogP contribution in [0, 0.1) is 10.1 Å². The highest BCUT2D eigenvalue weighted by Gasteiger charge is 2.14. The van der Waals surface area contributed by atoms with Crippen LogP contribution in [0.25, 0.3) is 21.9 Å². The number of pyridine rings is 1. The maximum atomic E-state index is 11.2. The fourth-order valence-corrected chi connectivity index (χ4v) is 3.02. The number of hydrogen-bond donors (Lipinski definition) is 1. The van der Waals surface area contributed by atoms with Crippen LogP contribution in [0.15, 0.2) is 85.1 Å². The van der Waals surface area contributed by atoms with E-state index in [9.17, 15) is 10.1 Å². The molecule has 0 saturated carbocycles. The molecule has 0 spiro atoms. The van der Waals surface area contributed by atoms with E-state index in [-0.39, 0.29) is 11.5 Å². The monoisotopic (exact) mass is 341 g/mol. The standard InChI is InChI=1S/C21H15N3O2/c25-24(26)20-12-5-13-22-21(20)23-17-9-3-8-16(14-17)19-11-4-7-15-6-1-2-10-18(15)19/h1-14H,(H,22,23). The van der Waals surface area contributed by atoms with Gasteiger partial charge in [-0.2, -0.15) is 0 Å².